The molecule has 1 aromatic rings. The maximum absolute atomic E-state index is 10.6. The molecule has 1 aliphatic carbocycles. The van der Waals surface area contributed by atoms with Crippen molar-refractivity contribution in [2.24, 2.45) is 5.41 Å². The van der Waals surface area contributed by atoms with Crippen LogP contribution in [0.25, 0.3) is 0 Å². The van der Waals surface area contributed by atoms with Gasteiger partial charge in [0.05, 0.1) is 6.61 Å². The van der Waals surface area contributed by atoms with Gasteiger partial charge >= 0.3 is 0 Å². The third kappa shape index (κ3) is 0.911. The van der Waals surface area contributed by atoms with Crippen molar-refractivity contribution >= 4 is 0 Å². The van der Waals surface area contributed by atoms with E-state index in [0.29, 0.717) is 6.61 Å². The number of ether oxygens (including phenoxy) is 1. The number of aliphatic hydroxyl groups is 2. The van der Waals surface area contributed by atoms with Crippen molar-refractivity contribution in [1.29, 1.82) is 0 Å². The van der Waals surface area contributed by atoms with E-state index in [4.69, 9.17) is 4.74 Å². The molecule has 2 aliphatic rings. The van der Waals surface area contributed by atoms with Crippen molar-refractivity contribution in [2.45, 2.75) is 25.2 Å². The SMILES string of the molecule is CC12COC(O)C1(O)c1ccccc1C2. The summed E-state index contributed by atoms with van der Waals surface area (Å²) < 4.78 is 5.19. The summed E-state index contributed by atoms with van der Waals surface area (Å²) >= 11 is 0. The minimum absolute atomic E-state index is 0.393. The molecule has 0 saturated carbocycles. The van der Waals surface area contributed by atoms with Gasteiger partial charge in [0, 0.05) is 5.41 Å². The molecule has 1 heterocycles. The molecule has 0 radical (unpaired) electrons. The van der Waals surface area contributed by atoms with Crippen LogP contribution in [-0.2, 0) is 16.8 Å². The first-order valence-electron chi connectivity index (χ1n) is 5.18. The number of rotatable bonds is 0. The van der Waals surface area contributed by atoms with Gasteiger partial charge in [0.15, 0.2) is 6.29 Å². The van der Waals surface area contributed by atoms with Gasteiger partial charge in [0.2, 0.25) is 0 Å². The predicted octanol–water partition coefficient (Wildman–Crippen LogP) is 0.785. The highest BCUT2D eigenvalue weighted by atomic mass is 16.6. The Hall–Kier alpha value is -0.900. The second-order valence-electron chi connectivity index (χ2n) is 4.82. The Labute approximate surface area is 88.3 Å². The van der Waals surface area contributed by atoms with Gasteiger partial charge in [-0.3, -0.25) is 0 Å². The fourth-order valence-corrected chi connectivity index (χ4v) is 2.90. The fraction of sp³-hybridized carbons (Fsp3) is 0.500. The van der Waals surface area contributed by atoms with Crippen molar-refractivity contribution in [3.63, 3.8) is 0 Å². The second-order valence-corrected chi connectivity index (χ2v) is 4.82. The van der Waals surface area contributed by atoms with Crippen LogP contribution < -0.4 is 0 Å². The molecule has 1 aromatic carbocycles. The third-order valence-electron chi connectivity index (χ3n) is 3.85. The van der Waals surface area contributed by atoms with Gasteiger partial charge in [0.25, 0.3) is 0 Å². The predicted molar refractivity (Wildman–Crippen MR) is 54.1 cm³/mol. The zero-order valence-electron chi connectivity index (χ0n) is 8.60. The number of aliphatic hydroxyl groups excluding tert-OH is 1. The standard InChI is InChI=1S/C12H14O3/c1-11-6-8-4-2-3-5-9(8)12(11,14)10(13)15-7-11/h2-5,10,13-14H,6-7H2,1H3. The number of fused-ring (bicyclic) bond motifs is 3. The summed E-state index contributed by atoms with van der Waals surface area (Å²) in [4.78, 5) is 0. The van der Waals surface area contributed by atoms with Gasteiger partial charge in [-0.05, 0) is 17.5 Å². The third-order valence-corrected chi connectivity index (χ3v) is 3.85. The Kier molecular flexibility index (Phi) is 1.63. The molecule has 3 unspecified atom stereocenters. The lowest BCUT2D eigenvalue weighted by Crippen LogP contribution is -2.44. The largest absolute Gasteiger partial charge is 0.379 e. The summed E-state index contributed by atoms with van der Waals surface area (Å²) in [5, 5.41) is 20.4. The van der Waals surface area contributed by atoms with Crippen LogP contribution in [0.2, 0.25) is 0 Å². The normalized spacial score (nSPS) is 42.7. The first-order chi connectivity index (χ1) is 7.08. The van der Waals surface area contributed by atoms with Crippen molar-refractivity contribution in [3.8, 4) is 0 Å². The van der Waals surface area contributed by atoms with Crippen LogP contribution in [0.4, 0.5) is 0 Å². The highest BCUT2D eigenvalue weighted by Crippen LogP contribution is 2.56. The van der Waals surface area contributed by atoms with Crippen molar-refractivity contribution in [1.82, 2.24) is 0 Å². The van der Waals surface area contributed by atoms with Crippen LogP contribution >= 0.6 is 0 Å². The van der Waals surface area contributed by atoms with Gasteiger partial charge in [0.1, 0.15) is 5.60 Å². The summed E-state index contributed by atoms with van der Waals surface area (Å²) in [5.41, 5.74) is 0.307. The van der Waals surface area contributed by atoms with E-state index in [1.54, 1.807) is 0 Å². The first-order valence-corrected chi connectivity index (χ1v) is 5.18. The molecule has 1 saturated heterocycles. The molecule has 1 aliphatic heterocycles. The lowest BCUT2D eigenvalue weighted by atomic mass is 9.76. The van der Waals surface area contributed by atoms with E-state index in [0.717, 1.165) is 17.5 Å². The number of benzene rings is 1. The zero-order chi connectivity index (χ0) is 10.7. The molecule has 1 fully saturated rings. The minimum Gasteiger partial charge on any atom is -0.379 e. The molecule has 0 amide bonds. The Morgan fingerprint density at radius 3 is 2.93 bits per heavy atom. The summed E-state index contributed by atoms with van der Waals surface area (Å²) in [6.07, 6.45) is -0.345. The van der Waals surface area contributed by atoms with Crippen LogP contribution in [0.5, 0.6) is 0 Å². The van der Waals surface area contributed by atoms with Crippen LogP contribution in [0.1, 0.15) is 18.1 Å². The van der Waals surface area contributed by atoms with Crippen LogP contribution in [0.15, 0.2) is 24.3 Å². The second kappa shape index (κ2) is 2.61. The van der Waals surface area contributed by atoms with Gasteiger partial charge in [-0.15, -0.1) is 0 Å². The molecule has 0 spiro atoms. The molecule has 80 valence electrons. The topological polar surface area (TPSA) is 49.7 Å². The van der Waals surface area contributed by atoms with E-state index < -0.39 is 17.3 Å². The molecule has 3 atom stereocenters. The van der Waals surface area contributed by atoms with E-state index in [2.05, 4.69) is 0 Å². The van der Waals surface area contributed by atoms with Crippen LogP contribution in [0, 0.1) is 5.41 Å². The molecule has 3 rings (SSSR count). The average Bonchev–Trinajstić information content (AvgIpc) is 2.58. The molecular formula is C12H14O3. The molecule has 0 aromatic heterocycles. The van der Waals surface area contributed by atoms with Gasteiger partial charge in [-0.25, -0.2) is 0 Å². The highest BCUT2D eigenvalue weighted by molar-refractivity contribution is 5.42. The van der Waals surface area contributed by atoms with E-state index in [1.165, 1.54) is 0 Å². The molecule has 0 bridgehead atoms. The van der Waals surface area contributed by atoms with Crippen molar-refractivity contribution < 1.29 is 14.9 Å². The number of hydrogen-bond donors (Lipinski definition) is 2. The summed E-state index contributed by atoms with van der Waals surface area (Å²) in [5.74, 6) is 0. The molecule has 3 heteroatoms. The lowest BCUT2D eigenvalue weighted by Gasteiger charge is -2.32. The molecule has 3 nitrogen and oxygen atoms in total. The molecule has 2 N–H and O–H groups in total. The van der Waals surface area contributed by atoms with E-state index in [-0.39, 0.29) is 0 Å². The van der Waals surface area contributed by atoms with E-state index in [1.807, 2.05) is 31.2 Å². The molecular weight excluding hydrogens is 192 g/mol. The summed E-state index contributed by atoms with van der Waals surface area (Å²) in [6.45, 7) is 2.36. The fourth-order valence-electron chi connectivity index (χ4n) is 2.90. The maximum atomic E-state index is 10.6. The van der Waals surface area contributed by atoms with Crippen LogP contribution in [0.3, 0.4) is 0 Å². The molecule has 15 heavy (non-hydrogen) atoms. The maximum Gasteiger partial charge on any atom is 0.188 e. The zero-order valence-corrected chi connectivity index (χ0v) is 8.60. The van der Waals surface area contributed by atoms with Crippen molar-refractivity contribution in [3.05, 3.63) is 35.4 Å². The summed E-state index contributed by atoms with van der Waals surface area (Å²) in [7, 11) is 0. The number of hydrogen-bond acceptors (Lipinski definition) is 3. The lowest BCUT2D eigenvalue weighted by molar-refractivity contribution is -0.175. The Morgan fingerprint density at radius 1 is 1.40 bits per heavy atom. The Balaban J connectivity index is 2.23. The van der Waals surface area contributed by atoms with Crippen LogP contribution in [-0.4, -0.2) is 23.1 Å². The smallest absolute Gasteiger partial charge is 0.188 e. The first kappa shape index (κ1) is 9.33. The Morgan fingerprint density at radius 2 is 2.13 bits per heavy atom. The van der Waals surface area contributed by atoms with Gasteiger partial charge in [-0.1, -0.05) is 31.2 Å². The monoisotopic (exact) mass is 206 g/mol. The quantitative estimate of drug-likeness (QED) is 0.659. The van der Waals surface area contributed by atoms with Crippen molar-refractivity contribution in [2.75, 3.05) is 6.61 Å². The minimum atomic E-state index is -1.23. The van der Waals surface area contributed by atoms with E-state index in [9.17, 15) is 10.2 Å². The van der Waals surface area contributed by atoms with Gasteiger partial charge in [-0.2, -0.15) is 0 Å². The Bertz CT molecular complexity index is 417. The highest BCUT2D eigenvalue weighted by Gasteiger charge is 2.63. The van der Waals surface area contributed by atoms with E-state index >= 15 is 0 Å². The van der Waals surface area contributed by atoms with Gasteiger partial charge < -0.3 is 14.9 Å². The average molecular weight is 206 g/mol. The summed E-state index contributed by atoms with van der Waals surface area (Å²) in [6, 6.07) is 7.72.